The molecule has 2 heteroatoms. The highest BCUT2D eigenvalue weighted by molar-refractivity contribution is 5.17. The van der Waals surface area contributed by atoms with Crippen LogP contribution in [-0.4, -0.2) is 6.04 Å². The average molecular weight is 277 g/mol. The summed E-state index contributed by atoms with van der Waals surface area (Å²) in [4.78, 5) is 0. The molecule has 1 atom stereocenters. The van der Waals surface area contributed by atoms with Gasteiger partial charge in [0, 0.05) is 6.04 Å². The van der Waals surface area contributed by atoms with Crippen molar-refractivity contribution in [1.29, 1.82) is 0 Å². The second-order valence-electron chi connectivity index (χ2n) is 7.47. The van der Waals surface area contributed by atoms with E-state index in [-0.39, 0.29) is 11.9 Å². The van der Waals surface area contributed by atoms with Gasteiger partial charge in [-0.25, -0.2) is 4.39 Å². The number of halogens is 1. The zero-order valence-corrected chi connectivity index (χ0v) is 13.0. The Kier molecular flexibility index (Phi) is 4.85. The molecular formula is C18H28FN. The highest BCUT2D eigenvalue weighted by atomic mass is 19.1. The highest BCUT2D eigenvalue weighted by Crippen LogP contribution is 2.40. The van der Waals surface area contributed by atoms with Crippen molar-refractivity contribution in [2.24, 2.45) is 23.0 Å². The van der Waals surface area contributed by atoms with E-state index < -0.39 is 0 Å². The minimum Gasteiger partial charge on any atom is -0.327 e. The Labute approximate surface area is 122 Å². The molecule has 1 saturated carbocycles. The van der Waals surface area contributed by atoms with Crippen LogP contribution in [0.5, 0.6) is 0 Å². The minimum absolute atomic E-state index is 0.173. The van der Waals surface area contributed by atoms with Gasteiger partial charge in [0.25, 0.3) is 0 Å². The quantitative estimate of drug-likeness (QED) is 0.862. The van der Waals surface area contributed by atoms with Crippen LogP contribution in [0.25, 0.3) is 0 Å². The van der Waals surface area contributed by atoms with E-state index in [0.29, 0.717) is 11.3 Å². The lowest BCUT2D eigenvalue weighted by Gasteiger charge is -2.38. The van der Waals surface area contributed by atoms with Crippen LogP contribution in [0, 0.1) is 23.1 Å². The Bertz CT molecular complexity index is 410. The van der Waals surface area contributed by atoms with Gasteiger partial charge in [0.15, 0.2) is 0 Å². The fourth-order valence-corrected chi connectivity index (χ4v) is 3.47. The molecule has 1 fully saturated rings. The smallest absolute Gasteiger partial charge is 0.123 e. The predicted octanol–water partition coefficient (Wildman–Crippen LogP) is 4.55. The molecule has 1 aromatic rings. The third kappa shape index (κ3) is 4.05. The lowest BCUT2D eigenvalue weighted by molar-refractivity contribution is 0.139. The molecule has 112 valence electrons. The zero-order valence-electron chi connectivity index (χ0n) is 13.0. The summed E-state index contributed by atoms with van der Waals surface area (Å²) >= 11 is 0. The van der Waals surface area contributed by atoms with Crippen molar-refractivity contribution in [3.8, 4) is 0 Å². The summed E-state index contributed by atoms with van der Waals surface area (Å²) in [6, 6.07) is 6.98. The topological polar surface area (TPSA) is 26.0 Å². The molecule has 0 radical (unpaired) electrons. The number of hydrogen-bond donors (Lipinski definition) is 1. The van der Waals surface area contributed by atoms with Crippen LogP contribution >= 0.6 is 0 Å². The van der Waals surface area contributed by atoms with Gasteiger partial charge in [0.1, 0.15) is 5.82 Å². The van der Waals surface area contributed by atoms with Crippen molar-refractivity contribution < 1.29 is 4.39 Å². The predicted molar refractivity (Wildman–Crippen MR) is 83.0 cm³/mol. The third-order valence-corrected chi connectivity index (χ3v) is 4.99. The molecular weight excluding hydrogens is 249 g/mol. The molecule has 0 bridgehead atoms. The van der Waals surface area contributed by atoms with Crippen molar-refractivity contribution in [2.45, 2.75) is 58.9 Å². The van der Waals surface area contributed by atoms with E-state index in [1.807, 2.05) is 12.1 Å². The van der Waals surface area contributed by atoms with Crippen LogP contribution in [0.15, 0.2) is 24.3 Å². The van der Waals surface area contributed by atoms with Crippen LogP contribution in [0.1, 0.15) is 52.0 Å². The summed E-state index contributed by atoms with van der Waals surface area (Å²) < 4.78 is 12.9. The minimum atomic E-state index is -0.173. The Morgan fingerprint density at radius 3 is 2.15 bits per heavy atom. The molecule has 0 aliphatic heterocycles. The molecule has 2 rings (SSSR count). The number of hydrogen-bond acceptors (Lipinski definition) is 1. The molecule has 0 heterocycles. The third-order valence-electron chi connectivity index (χ3n) is 4.99. The van der Waals surface area contributed by atoms with Gasteiger partial charge in [0.2, 0.25) is 0 Å². The normalized spacial score (nSPS) is 25.4. The summed E-state index contributed by atoms with van der Waals surface area (Å²) in [6.07, 6.45) is 5.94. The van der Waals surface area contributed by atoms with Gasteiger partial charge in [-0.3, -0.25) is 0 Å². The van der Waals surface area contributed by atoms with Gasteiger partial charge < -0.3 is 5.73 Å². The monoisotopic (exact) mass is 277 g/mol. The van der Waals surface area contributed by atoms with Crippen LogP contribution in [0.3, 0.4) is 0 Å². The van der Waals surface area contributed by atoms with Crippen molar-refractivity contribution >= 4 is 0 Å². The van der Waals surface area contributed by atoms with Gasteiger partial charge in [-0.2, -0.15) is 0 Å². The average Bonchev–Trinajstić information content (AvgIpc) is 2.40. The van der Waals surface area contributed by atoms with E-state index in [1.165, 1.54) is 37.8 Å². The second kappa shape index (κ2) is 6.26. The molecule has 20 heavy (non-hydrogen) atoms. The Morgan fingerprint density at radius 2 is 1.65 bits per heavy atom. The summed E-state index contributed by atoms with van der Waals surface area (Å²) in [5, 5.41) is 0. The lowest BCUT2D eigenvalue weighted by atomic mass is 9.68. The lowest BCUT2D eigenvalue weighted by Crippen LogP contribution is -2.36. The Morgan fingerprint density at radius 1 is 1.10 bits per heavy atom. The highest BCUT2D eigenvalue weighted by Gasteiger charge is 2.31. The zero-order chi connectivity index (χ0) is 14.8. The number of nitrogens with two attached hydrogens (primary N) is 1. The largest absolute Gasteiger partial charge is 0.327 e. The van der Waals surface area contributed by atoms with Crippen molar-refractivity contribution in [1.82, 2.24) is 0 Å². The molecule has 2 N–H and O–H groups in total. The summed E-state index contributed by atoms with van der Waals surface area (Å²) in [5.41, 5.74) is 7.95. The standard InChI is InChI=1S/C18H28FN/c1-18(2,3)15-8-6-14(7-9-15)17(20)12-13-4-10-16(19)11-5-13/h4-5,10-11,14-15,17H,6-9,12,20H2,1-3H3. The summed E-state index contributed by atoms with van der Waals surface area (Å²) in [6.45, 7) is 7.03. The SMILES string of the molecule is CC(C)(C)C1CCC(C(N)Cc2ccc(F)cc2)CC1. The van der Waals surface area contributed by atoms with Gasteiger partial charge in [-0.1, -0.05) is 32.9 Å². The molecule has 0 aromatic heterocycles. The van der Waals surface area contributed by atoms with Gasteiger partial charge in [0.05, 0.1) is 0 Å². The Balaban J connectivity index is 1.85. The van der Waals surface area contributed by atoms with Crippen molar-refractivity contribution in [3.05, 3.63) is 35.6 Å². The molecule has 0 spiro atoms. The molecule has 0 amide bonds. The van der Waals surface area contributed by atoms with E-state index in [4.69, 9.17) is 5.73 Å². The van der Waals surface area contributed by atoms with E-state index in [0.717, 1.165) is 17.9 Å². The molecule has 1 aliphatic rings. The van der Waals surface area contributed by atoms with Gasteiger partial charge in [-0.05, 0) is 67.1 Å². The van der Waals surface area contributed by atoms with E-state index in [9.17, 15) is 4.39 Å². The first-order valence-corrected chi connectivity index (χ1v) is 7.86. The summed E-state index contributed by atoms with van der Waals surface area (Å²) in [5.74, 6) is 1.28. The number of benzene rings is 1. The van der Waals surface area contributed by atoms with E-state index in [1.54, 1.807) is 0 Å². The van der Waals surface area contributed by atoms with Gasteiger partial charge >= 0.3 is 0 Å². The fourth-order valence-electron chi connectivity index (χ4n) is 3.47. The fraction of sp³-hybridized carbons (Fsp3) is 0.667. The molecule has 1 aliphatic carbocycles. The first-order valence-electron chi connectivity index (χ1n) is 7.86. The number of rotatable bonds is 3. The molecule has 1 nitrogen and oxygen atoms in total. The first kappa shape index (κ1) is 15.5. The maximum Gasteiger partial charge on any atom is 0.123 e. The van der Waals surface area contributed by atoms with E-state index >= 15 is 0 Å². The van der Waals surface area contributed by atoms with Crippen molar-refractivity contribution in [2.75, 3.05) is 0 Å². The summed E-state index contributed by atoms with van der Waals surface area (Å²) in [7, 11) is 0. The molecule has 1 aromatic carbocycles. The second-order valence-corrected chi connectivity index (χ2v) is 7.47. The molecule has 1 unspecified atom stereocenters. The maximum atomic E-state index is 12.9. The Hall–Kier alpha value is -0.890. The van der Waals surface area contributed by atoms with Crippen LogP contribution in [0.4, 0.5) is 4.39 Å². The maximum absolute atomic E-state index is 12.9. The van der Waals surface area contributed by atoms with Crippen molar-refractivity contribution in [3.63, 3.8) is 0 Å². The van der Waals surface area contributed by atoms with Crippen LogP contribution in [0.2, 0.25) is 0 Å². The van der Waals surface area contributed by atoms with E-state index in [2.05, 4.69) is 20.8 Å². The van der Waals surface area contributed by atoms with Crippen LogP contribution in [-0.2, 0) is 6.42 Å². The molecule has 0 saturated heterocycles. The van der Waals surface area contributed by atoms with Gasteiger partial charge in [-0.15, -0.1) is 0 Å². The van der Waals surface area contributed by atoms with Crippen LogP contribution < -0.4 is 5.73 Å². The first-order chi connectivity index (χ1) is 9.36.